The second-order valence-corrected chi connectivity index (χ2v) is 7.38. The number of aliphatic hydroxyl groups is 1. The number of hydrogen-bond acceptors (Lipinski definition) is 4. The second kappa shape index (κ2) is 6.49. The minimum absolute atomic E-state index is 0.0595. The molecule has 2 atom stereocenters. The van der Waals surface area contributed by atoms with Crippen molar-refractivity contribution < 1.29 is 18.3 Å². The zero-order chi connectivity index (χ0) is 13.9. The largest absolute Gasteiger partial charge is 0.396 e. The molecule has 7 heteroatoms. The van der Waals surface area contributed by atoms with Crippen molar-refractivity contribution in [1.82, 2.24) is 8.61 Å². The highest BCUT2D eigenvalue weighted by molar-refractivity contribution is 7.86. The normalized spacial score (nSPS) is 32.1. The quantitative estimate of drug-likeness (QED) is 0.798. The average molecular weight is 292 g/mol. The molecule has 2 fully saturated rings. The highest BCUT2D eigenvalue weighted by Gasteiger charge is 2.34. The Bertz CT molecular complexity index is 387. The van der Waals surface area contributed by atoms with Crippen molar-refractivity contribution in [2.75, 3.05) is 39.4 Å². The molecular weight excluding hydrogens is 268 g/mol. The first-order valence-corrected chi connectivity index (χ1v) is 8.41. The maximum Gasteiger partial charge on any atom is 0.282 e. The van der Waals surface area contributed by atoms with Crippen molar-refractivity contribution in [3.63, 3.8) is 0 Å². The summed E-state index contributed by atoms with van der Waals surface area (Å²) in [5.41, 5.74) is 0. The molecule has 0 bridgehead atoms. The summed E-state index contributed by atoms with van der Waals surface area (Å²) in [6.45, 7) is 4.52. The second-order valence-electron chi connectivity index (χ2n) is 5.45. The van der Waals surface area contributed by atoms with Gasteiger partial charge in [-0.3, -0.25) is 0 Å². The highest BCUT2D eigenvalue weighted by atomic mass is 32.2. The number of piperidine rings is 1. The van der Waals surface area contributed by atoms with Crippen molar-refractivity contribution >= 4 is 10.2 Å². The van der Waals surface area contributed by atoms with E-state index < -0.39 is 10.2 Å². The van der Waals surface area contributed by atoms with Crippen LogP contribution in [0.25, 0.3) is 0 Å². The summed E-state index contributed by atoms with van der Waals surface area (Å²) < 4.78 is 33.8. The van der Waals surface area contributed by atoms with Crippen LogP contribution in [0, 0.1) is 5.92 Å². The molecule has 0 aromatic rings. The number of aliphatic hydroxyl groups excluding tert-OH is 1. The number of rotatable bonds is 3. The Hall–Kier alpha value is -0.210. The van der Waals surface area contributed by atoms with Gasteiger partial charge in [0.05, 0.1) is 6.10 Å². The topological polar surface area (TPSA) is 70.1 Å². The first kappa shape index (κ1) is 15.2. The third-order valence-electron chi connectivity index (χ3n) is 3.81. The summed E-state index contributed by atoms with van der Waals surface area (Å²) in [7, 11) is -3.41. The number of ether oxygens (including phenoxy) is 1. The lowest BCUT2D eigenvalue weighted by molar-refractivity contribution is 0.0743. The minimum atomic E-state index is -3.41. The lowest BCUT2D eigenvalue weighted by Gasteiger charge is -2.35. The third-order valence-corrected chi connectivity index (χ3v) is 5.78. The molecule has 6 nitrogen and oxygen atoms in total. The Morgan fingerprint density at radius 2 is 1.89 bits per heavy atom. The molecule has 2 heterocycles. The van der Waals surface area contributed by atoms with Gasteiger partial charge in [0.2, 0.25) is 0 Å². The molecule has 0 amide bonds. The number of hydrogen-bond donors (Lipinski definition) is 1. The maximum atomic E-state index is 12.6. The first-order valence-electron chi connectivity index (χ1n) is 7.01. The summed E-state index contributed by atoms with van der Waals surface area (Å²) in [5.74, 6) is 0.0733. The third kappa shape index (κ3) is 3.66. The SMILES string of the molecule is CC1CN(S(=O)(=O)N2CCCC(CO)C2)CCCO1. The molecule has 0 aromatic heterocycles. The molecule has 0 aromatic carbocycles. The van der Waals surface area contributed by atoms with E-state index in [0.29, 0.717) is 32.8 Å². The lowest BCUT2D eigenvalue weighted by Crippen LogP contribution is -2.49. The number of nitrogens with zero attached hydrogens (tertiary/aromatic N) is 2. The van der Waals surface area contributed by atoms with E-state index in [9.17, 15) is 13.5 Å². The van der Waals surface area contributed by atoms with Gasteiger partial charge in [-0.05, 0) is 32.1 Å². The van der Waals surface area contributed by atoms with Crippen molar-refractivity contribution in [2.45, 2.75) is 32.3 Å². The van der Waals surface area contributed by atoms with Gasteiger partial charge in [-0.2, -0.15) is 17.0 Å². The summed E-state index contributed by atoms with van der Waals surface area (Å²) in [6.07, 6.45) is 2.41. The van der Waals surface area contributed by atoms with Gasteiger partial charge in [0.15, 0.2) is 0 Å². The first-order chi connectivity index (χ1) is 9.04. The molecule has 112 valence electrons. The molecular formula is C12H24N2O4S. The summed E-state index contributed by atoms with van der Waals surface area (Å²) >= 11 is 0. The van der Waals surface area contributed by atoms with Crippen LogP contribution in [0.15, 0.2) is 0 Å². The highest BCUT2D eigenvalue weighted by Crippen LogP contribution is 2.22. The zero-order valence-electron chi connectivity index (χ0n) is 11.5. The van der Waals surface area contributed by atoms with E-state index in [4.69, 9.17) is 4.74 Å². The predicted molar refractivity (Wildman–Crippen MR) is 71.9 cm³/mol. The smallest absolute Gasteiger partial charge is 0.282 e. The Kier molecular flexibility index (Phi) is 5.19. The van der Waals surface area contributed by atoms with Gasteiger partial charge in [0.25, 0.3) is 10.2 Å². The van der Waals surface area contributed by atoms with Gasteiger partial charge in [0, 0.05) is 39.4 Å². The minimum Gasteiger partial charge on any atom is -0.396 e. The van der Waals surface area contributed by atoms with Crippen LogP contribution in [0.4, 0.5) is 0 Å². The fourth-order valence-electron chi connectivity index (χ4n) is 2.71. The molecule has 0 aliphatic carbocycles. The molecule has 19 heavy (non-hydrogen) atoms. The van der Waals surface area contributed by atoms with Gasteiger partial charge < -0.3 is 9.84 Å². The predicted octanol–water partition coefficient (Wildman–Crippen LogP) is 0.0463. The summed E-state index contributed by atoms with van der Waals surface area (Å²) in [4.78, 5) is 0. The Balaban J connectivity index is 2.07. The molecule has 2 saturated heterocycles. The van der Waals surface area contributed by atoms with E-state index in [1.54, 1.807) is 0 Å². The lowest BCUT2D eigenvalue weighted by atomic mass is 10.0. The van der Waals surface area contributed by atoms with Crippen LogP contribution >= 0.6 is 0 Å². The van der Waals surface area contributed by atoms with Crippen LogP contribution in [0.3, 0.4) is 0 Å². The Labute approximate surface area is 115 Å². The molecule has 1 N–H and O–H groups in total. The van der Waals surface area contributed by atoms with Gasteiger partial charge in [0.1, 0.15) is 0 Å². The van der Waals surface area contributed by atoms with Gasteiger partial charge in [-0.1, -0.05) is 0 Å². The van der Waals surface area contributed by atoms with E-state index >= 15 is 0 Å². The van der Waals surface area contributed by atoms with Crippen LogP contribution in [-0.4, -0.2) is 67.6 Å². The van der Waals surface area contributed by atoms with E-state index in [-0.39, 0.29) is 18.6 Å². The van der Waals surface area contributed by atoms with Crippen molar-refractivity contribution in [1.29, 1.82) is 0 Å². The van der Waals surface area contributed by atoms with E-state index in [2.05, 4.69) is 0 Å². The van der Waals surface area contributed by atoms with E-state index in [1.807, 2.05) is 6.92 Å². The molecule has 2 aliphatic heterocycles. The molecule has 0 radical (unpaired) electrons. The molecule has 0 saturated carbocycles. The van der Waals surface area contributed by atoms with Crippen LogP contribution < -0.4 is 0 Å². The molecule has 2 rings (SSSR count). The van der Waals surface area contributed by atoms with Gasteiger partial charge in [-0.25, -0.2) is 0 Å². The Morgan fingerprint density at radius 1 is 1.21 bits per heavy atom. The standard InChI is InChI=1S/C12H24N2O4S/c1-11-8-13(6-3-7-18-11)19(16,17)14-5-2-4-12(9-14)10-15/h11-12,15H,2-10H2,1H3. The van der Waals surface area contributed by atoms with Gasteiger partial charge in [-0.15, -0.1) is 0 Å². The average Bonchev–Trinajstić information content (AvgIpc) is 2.64. The van der Waals surface area contributed by atoms with E-state index in [0.717, 1.165) is 19.3 Å². The van der Waals surface area contributed by atoms with Crippen molar-refractivity contribution in [3.8, 4) is 0 Å². The van der Waals surface area contributed by atoms with E-state index in [1.165, 1.54) is 8.61 Å². The fourth-order valence-corrected chi connectivity index (χ4v) is 4.56. The van der Waals surface area contributed by atoms with Crippen molar-refractivity contribution in [3.05, 3.63) is 0 Å². The molecule has 2 unspecified atom stereocenters. The fraction of sp³-hybridized carbons (Fsp3) is 1.00. The van der Waals surface area contributed by atoms with Crippen LogP contribution in [0.2, 0.25) is 0 Å². The van der Waals surface area contributed by atoms with Crippen molar-refractivity contribution in [2.24, 2.45) is 5.92 Å². The summed E-state index contributed by atoms with van der Waals surface area (Å²) in [5, 5.41) is 9.22. The van der Waals surface area contributed by atoms with Gasteiger partial charge >= 0.3 is 0 Å². The summed E-state index contributed by atoms with van der Waals surface area (Å²) in [6, 6.07) is 0. The van der Waals surface area contributed by atoms with Crippen LogP contribution in [0.1, 0.15) is 26.2 Å². The monoisotopic (exact) mass is 292 g/mol. The van der Waals surface area contributed by atoms with Crippen LogP contribution in [0.5, 0.6) is 0 Å². The molecule has 0 spiro atoms. The molecule has 2 aliphatic rings. The van der Waals surface area contributed by atoms with Crippen LogP contribution in [-0.2, 0) is 14.9 Å². The maximum absolute atomic E-state index is 12.6. The Morgan fingerprint density at radius 3 is 2.63 bits per heavy atom. The zero-order valence-corrected chi connectivity index (χ0v) is 12.3.